The SMILES string of the molecule is COc1cccc2c(=O)oc(CCCc3nc4c(CO)cccc4c(=O)o3)nc12. The van der Waals surface area contributed by atoms with Gasteiger partial charge in [0.15, 0.2) is 11.8 Å². The molecule has 0 aliphatic carbocycles. The third-order valence-corrected chi connectivity index (χ3v) is 4.62. The first kappa shape index (κ1) is 18.8. The molecule has 0 bridgehead atoms. The molecule has 4 aromatic rings. The van der Waals surface area contributed by atoms with Gasteiger partial charge in [0.2, 0.25) is 0 Å². The lowest BCUT2D eigenvalue weighted by molar-refractivity contribution is 0.283. The van der Waals surface area contributed by atoms with Crippen molar-refractivity contribution in [3.8, 4) is 5.75 Å². The molecule has 0 aliphatic heterocycles. The molecule has 2 heterocycles. The number of ether oxygens (including phenoxy) is 1. The Bertz CT molecular complexity index is 1210. The molecule has 0 fully saturated rings. The van der Waals surface area contributed by atoms with E-state index in [1.165, 1.54) is 7.11 Å². The highest BCUT2D eigenvalue weighted by molar-refractivity contribution is 5.83. The Hall–Kier alpha value is -3.52. The minimum Gasteiger partial charge on any atom is -0.494 e. The zero-order chi connectivity index (χ0) is 20.4. The second-order valence-corrected chi connectivity index (χ2v) is 6.47. The van der Waals surface area contributed by atoms with E-state index >= 15 is 0 Å². The third kappa shape index (κ3) is 3.62. The number of methoxy groups -OCH3 is 1. The summed E-state index contributed by atoms with van der Waals surface area (Å²) in [5, 5.41) is 10.1. The zero-order valence-electron chi connectivity index (χ0n) is 15.7. The molecule has 0 saturated heterocycles. The zero-order valence-corrected chi connectivity index (χ0v) is 15.7. The number of rotatable bonds is 6. The van der Waals surface area contributed by atoms with Gasteiger partial charge in [-0.15, -0.1) is 0 Å². The van der Waals surface area contributed by atoms with Crippen LogP contribution < -0.4 is 16.0 Å². The third-order valence-electron chi connectivity index (χ3n) is 4.62. The summed E-state index contributed by atoms with van der Waals surface area (Å²) in [5.41, 5.74) is 0.462. The van der Waals surface area contributed by atoms with E-state index in [4.69, 9.17) is 13.6 Å². The van der Waals surface area contributed by atoms with Gasteiger partial charge >= 0.3 is 11.3 Å². The number of fused-ring (bicyclic) bond motifs is 2. The molecule has 148 valence electrons. The van der Waals surface area contributed by atoms with Gasteiger partial charge in [-0.3, -0.25) is 0 Å². The molecule has 0 unspecified atom stereocenters. The normalized spacial score (nSPS) is 11.2. The van der Waals surface area contributed by atoms with Crippen molar-refractivity contribution in [2.24, 2.45) is 0 Å². The molecule has 1 N–H and O–H groups in total. The van der Waals surface area contributed by atoms with Gasteiger partial charge in [-0.2, -0.15) is 0 Å². The molecule has 0 radical (unpaired) electrons. The van der Waals surface area contributed by atoms with E-state index in [0.717, 1.165) is 0 Å². The lowest BCUT2D eigenvalue weighted by Crippen LogP contribution is -2.08. The Morgan fingerprint density at radius 2 is 1.48 bits per heavy atom. The molecular weight excluding hydrogens is 376 g/mol. The van der Waals surface area contributed by atoms with Crippen molar-refractivity contribution in [2.45, 2.75) is 25.9 Å². The molecule has 0 saturated carbocycles. The maximum absolute atomic E-state index is 12.2. The molecule has 2 aromatic heterocycles. The van der Waals surface area contributed by atoms with Gasteiger partial charge in [-0.1, -0.05) is 18.2 Å². The number of para-hydroxylation sites is 2. The van der Waals surface area contributed by atoms with Crippen LogP contribution in [-0.2, 0) is 19.4 Å². The van der Waals surface area contributed by atoms with Gasteiger partial charge in [0.05, 0.1) is 30.0 Å². The molecule has 8 nitrogen and oxygen atoms in total. The number of nitrogens with zero attached hydrogens (tertiary/aromatic N) is 2. The molecule has 29 heavy (non-hydrogen) atoms. The van der Waals surface area contributed by atoms with E-state index in [1.54, 1.807) is 36.4 Å². The van der Waals surface area contributed by atoms with E-state index in [1.807, 2.05) is 0 Å². The van der Waals surface area contributed by atoms with E-state index in [2.05, 4.69) is 9.97 Å². The van der Waals surface area contributed by atoms with E-state index in [0.29, 0.717) is 52.4 Å². The summed E-state index contributed by atoms with van der Waals surface area (Å²) in [7, 11) is 1.51. The summed E-state index contributed by atoms with van der Waals surface area (Å²) < 4.78 is 15.8. The van der Waals surface area contributed by atoms with Gasteiger partial charge in [-0.25, -0.2) is 19.6 Å². The highest BCUT2D eigenvalue weighted by atomic mass is 16.5. The van der Waals surface area contributed by atoms with Crippen molar-refractivity contribution in [3.63, 3.8) is 0 Å². The first-order chi connectivity index (χ1) is 14.1. The standard InChI is InChI=1S/C21H18N2O6/c1-27-15-8-3-7-14-19(15)23-17(29-21(14)26)10-4-9-16-22-18-12(11-24)5-2-6-13(18)20(25)28-16/h2-3,5-8,24H,4,9-11H2,1H3. The largest absolute Gasteiger partial charge is 0.494 e. The number of benzene rings is 2. The molecule has 0 spiro atoms. The van der Waals surface area contributed by atoms with Gasteiger partial charge in [-0.05, 0) is 24.6 Å². The van der Waals surface area contributed by atoms with Crippen LogP contribution in [-0.4, -0.2) is 22.2 Å². The number of hydrogen-bond donors (Lipinski definition) is 1. The highest BCUT2D eigenvalue weighted by Gasteiger charge is 2.12. The molecule has 8 heteroatoms. The van der Waals surface area contributed by atoms with Crippen LogP contribution in [0.2, 0.25) is 0 Å². The van der Waals surface area contributed by atoms with Crippen LogP contribution in [0.1, 0.15) is 23.8 Å². The second-order valence-electron chi connectivity index (χ2n) is 6.47. The second kappa shape index (κ2) is 7.84. The first-order valence-corrected chi connectivity index (χ1v) is 9.10. The maximum Gasteiger partial charge on any atom is 0.346 e. The molecule has 4 rings (SSSR count). The summed E-state index contributed by atoms with van der Waals surface area (Å²) in [5.74, 6) is 1.02. The summed E-state index contributed by atoms with van der Waals surface area (Å²) >= 11 is 0. The molecular formula is C21H18N2O6. The Morgan fingerprint density at radius 3 is 2.10 bits per heavy atom. The van der Waals surface area contributed by atoms with Gasteiger partial charge in [0, 0.05) is 18.4 Å². The van der Waals surface area contributed by atoms with Crippen molar-refractivity contribution in [3.05, 3.63) is 74.6 Å². The van der Waals surface area contributed by atoms with Crippen molar-refractivity contribution >= 4 is 21.8 Å². The fraction of sp³-hybridized carbons (Fsp3) is 0.238. The first-order valence-electron chi connectivity index (χ1n) is 9.10. The Labute approximate surface area is 164 Å². The predicted molar refractivity (Wildman–Crippen MR) is 105 cm³/mol. The van der Waals surface area contributed by atoms with E-state index in [9.17, 15) is 14.7 Å². The summed E-state index contributed by atoms with van der Waals surface area (Å²) in [6.45, 7) is -0.221. The van der Waals surface area contributed by atoms with Gasteiger partial charge < -0.3 is 18.7 Å². The molecule has 0 atom stereocenters. The number of aromatic nitrogens is 2. The van der Waals surface area contributed by atoms with Crippen molar-refractivity contribution in [1.29, 1.82) is 0 Å². The monoisotopic (exact) mass is 394 g/mol. The lowest BCUT2D eigenvalue weighted by Gasteiger charge is -2.06. The van der Waals surface area contributed by atoms with Crippen LogP contribution in [0.3, 0.4) is 0 Å². The quantitative estimate of drug-likeness (QED) is 0.530. The Kier molecular flexibility index (Phi) is 5.09. The van der Waals surface area contributed by atoms with Crippen molar-refractivity contribution < 1.29 is 18.7 Å². The van der Waals surface area contributed by atoms with Crippen molar-refractivity contribution in [2.75, 3.05) is 7.11 Å². The summed E-state index contributed by atoms with van der Waals surface area (Å²) in [4.78, 5) is 33.2. The topological polar surface area (TPSA) is 116 Å². The minimum absolute atomic E-state index is 0.221. The fourth-order valence-electron chi connectivity index (χ4n) is 3.21. The van der Waals surface area contributed by atoms with Crippen molar-refractivity contribution in [1.82, 2.24) is 9.97 Å². The number of aryl methyl sites for hydroxylation is 2. The minimum atomic E-state index is -0.500. The smallest absolute Gasteiger partial charge is 0.346 e. The van der Waals surface area contributed by atoms with Crippen LogP contribution in [0.5, 0.6) is 5.75 Å². The average Bonchev–Trinajstić information content (AvgIpc) is 2.73. The van der Waals surface area contributed by atoms with Gasteiger partial charge in [0.25, 0.3) is 0 Å². The van der Waals surface area contributed by atoms with Crippen LogP contribution in [0, 0.1) is 0 Å². The number of aliphatic hydroxyl groups excluding tert-OH is 1. The van der Waals surface area contributed by atoms with Crippen LogP contribution >= 0.6 is 0 Å². The van der Waals surface area contributed by atoms with Crippen LogP contribution in [0.25, 0.3) is 21.8 Å². The lowest BCUT2D eigenvalue weighted by atomic mass is 10.1. The molecule has 0 amide bonds. The predicted octanol–water partition coefficient (Wildman–Crippen LogP) is 2.37. The summed E-state index contributed by atoms with van der Waals surface area (Å²) in [6.07, 6.45) is 1.20. The van der Waals surface area contributed by atoms with E-state index < -0.39 is 11.3 Å². The highest BCUT2D eigenvalue weighted by Crippen LogP contribution is 2.21. The maximum atomic E-state index is 12.2. The molecule has 2 aromatic carbocycles. The Morgan fingerprint density at radius 1 is 0.897 bits per heavy atom. The van der Waals surface area contributed by atoms with E-state index in [-0.39, 0.29) is 18.4 Å². The summed E-state index contributed by atoms with van der Waals surface area (Å²) in [6, 6.07) is 10.1. The number of aliphatic hydroxyl groups is 1. The van der Waals surface area contributed by atoms with Crippen LogP contribution in [0.15, 0.2) is 54.8 Å². The Balaban J connectivity index is 1.58. The average molecular weight is 394 g/mol. The van der Waals surface area contributed by atoms with Gasteiger partial charge in [0.1, 0.15) is 11.3 Å². The fourth-order valence-corrected chi connectivity index (χ4v) is 3.21. The van der Waals surface area contributed by atoms with Crippen LogP contribution in [0.4, 0.5) is 0 Å². The number of hydrogen-bond acceptors (Lipinski definition) is 8. The molecule has 0 aliphatic rings.